The number of carbonyl (C=O) groups is 2. The molecule has 3 aromatic rings. The molecule has 0 bridgehead atoms. The van der Waals surface area contributed by atoms with Gasteiger partial charge >= 0.3 is 0 Å². The van der Waals surface area contributed by atoms with Gasteiger partial charge in [0, 0.05) is 30.3 Å². The van der Waals surface area contributed by atoms with Gasteiger partial charge in [-0.05, 0) is 37.1 Å². The van der Waals surface area contributed by atoms with Gasteiger partial charge in [0.15, 0.2) is 0 Å². The zero-order valence-electron chi connectivity index (χ0n) is 19.9. The van der Waals surface area contributed by atoms with Crippen LogP contribution in [0.4, 0.5) is 8.78 Å². The van der Waals surface area contributed by atoms with Crippen molar-refractivity contribution in [3.05, 3.63) is 107 Å². The number of hydrogen-bond acceptors (Lipinski definition) is 3. The van der Waals surface area contributed by atoms with Crippen molar-refractivity contribution in [2.45, 2.75) is 44.6 Å². The van der Waals surface area contributed by atoms with Crippen LogP contribution in [0.3, 0.4) is 0 Å². The average Bonchev–Trinajstić information content (AvgIpc) is 2.83. The van der Waals surface area contributed by atoms with Gasteiger partial charge in [-0.1, -0.05) is 66.7 Å². The summed E-state index contributed by atoms with van der Waals surface area (Å²) < 4.78 is 28.5. The number of nitrogens with zero attached hydrogens (tertiary/aromatic N) is 1. The van der Waals surface area contributed by atoms with E-state index in [9.17, 15) is 18.4 Å². The van der Waals surface area contributed by atoms with E-state index in [1.165, 1.54) is 28.8 Å². The highest BCUT2D eigenvalue weighted by Crippen LogP contribution is 2.20. The highest BCUT2D eigenvalue weighted by Gasteiger charge is 2.31. The molecule has 35 heavy (non-hydrogen) atoms. The zero-order chi connectivity index (χ0) is 25.2. The highest BCUT2D eigenvalue weighted by atomic mass is 32.2. The first kappa shape index (κ1) is 26.4. The van der Waals surface area contributed by atoms with Crippen LogP contribution >= 0.6 is 11.8 Å². The molecule has 0 aliphatic carbocycles. The van der Waals surface area contributed by atoms with Crippen LogP contribution in [-0.4, -0.2) is 34.6 Å². The standard InChI is InChI=1S/C28H30F2N2O2S/c1-20(2)31-28(34)26(16-21-10-4-3-5-11-21)32(17-22-12-6-8-14-24(22)29)27(33)19-35-18-23-13-7-9-15-25(23)30/h3-15,20,26H,16-19H2,1-2H3,(H,31,34)/t26-/m1/s1. The Labute approximate surface area is 209 Å². The number of benzene rings is 3. The second-order valence-electron chi connectivity index (χ2n) is 8.57. The molecule has 1 atom stereocenters. The summed E-state index contributed by atoms with van der Waals surface area (Å²) in [6.45, 7) is 3.66. The van der Waals surface area contributed by atoms with E-state index in [1.54, 1.807) is 36.4 Å². The minimum atomic E-state index is -0.832. The number of carbonyl (C=O) groups excluding carboxylic acids is 2. The SMILES string of the molecule is CC(C)NC(=O)[C@@H](Cc1ccccc1)N(Cc1ccccc1F)C(=O)CSCc1ccccc1F. The second-order valence-corrected chi connectivity index (χ2v) is 9.55. The Morgan fingerprint density at radius 1 is 0.857 bits per heavy atom. The van der Waals surface area contributed by atoms with E-state index < -0.39 is 11.9 Å². The van der Waals surface area contributed by atoms with Gasteiger partial charge in [-0.3, -0.25) is 9.59 Å². The molecule has 7 heteroatoms. The first-order chi connectivity index (χ1) is 16.8. The Hall–Kier alpha value is -3.19. The van der Waals surface area contributed by atoms with Crippen molar-refractivity contribution in [3.8, 4) is 0 Å². The van der Waals surface area contributed by atoms with Crippen molar-refractivity contribution in [2.75, 3.05) is 5.75 Å². The van der Waals surface area contributed by atoms with E-state index in [1.807, 2.05) is 44.2 Å². The predicted octanol–water partition coefficient (Wildman–Crippen LogP) is 5.36. The summed E-state index contributed by atoms with van der Waals surface area (Å²) in [6.07, 6.45) is 0.289. The lowest BCUT2D eigenvalue weighted by Crippen LogP contribution is -2.52. The van der Waals surface area contributed by atoms with Crippen LogP contribution in [0.5, 0.6) is 0 Å². The maximum atomic E-state index is 14.5. The summed E-state index contributed by atoms with van der Waals surface area (Å²) in [5.74, 6) is -1.03. The van der Waals surface area contributed by atoms with Crippen LogP contribution in [0.2, 0.25) is 0 Å². The second kappa shape index (κ2) is 13.0. The normalized spacial score (nSPS) is 11.8. The van der Waals surface area contributed by atoms with Crippen LogP contribution in [-0.2, 0) is 28.3 Å². The average molecular weight is 497 g/mol. The lowest BCUT2D eigenvalue weighted by Gasteiger charge is -2.32. The lowest BCUT2D eigenvalue weighted by atomic mass is 10.0. The Kier molecular flexibility index (Phi) is 9.85. The van der Waals surface area contributed by atoms with Crippen molar-refractivity contribution >= 4 is 23.6 Å². The van der Waals surface area contributed by atoms with Crippen molar-refractivity contribution in [1.82, 2.24) is 10.2 Å². The molecule has 3 aromatic carbocycles. The molecule has 0 saturated heterocycles. The fraction of sp³-hybridized carbons (Fsp3) is 0.286. The van der Waals surface area contributed by atoms with Crippen LogP contribution in [0.1, 0.15) is 30.5 Å². The fourth-order valence-corrected chi connectivity index (χ4v) is 4.59. The van der Waals surface area contributed by atoms with Crippen LogP contribution in [0.15, 0.2) is 78.9 Å². The van der Waals surface area contributed by atoms with E-state index in [0.717, 1.165) is 5.56 Å². The lowest BCUT2D eigenvalue weighted by molar-refractivity contribution is -0.139. The predicted molar refractivity (Wildman–Crippen MR) is 137 cm³/mol. The maximum Gasteiger partial charge on any atom is 0.243 e. The molecule has 0 aliphatic rings. The molecule has 2 amide bonds. The van der Waals surface area contributed by atoms with E-state index >= 15 is 0 Å². The Morgan fingerprint density at radius 2 is 1.43 bits per heavy atom. The van der Waals surface area contributed by atoms with Gasteiger partial charge in [0.05, 0.1) is 5.75 Å². The van der Waals surface area contributed by atoms with Crippen LogP contribution in [0.25, 0.3) is 0 Å². The summed E-state index contributed by atoms with van der Waals surface area (Å²) in [5, 5.41) is 2.91. The molecule has 4 nitrogen and oxygen atoms in total. The summed E-state index contributed by atoms with van der Waals surface area (Å²) >= 11 is 1.26. The summed E-state index contributed by atoms with van der Waals surface area (Å²) in [5.41, 5.74) is 1.72. The Balaban J connectivity index is 1.86. The van der Waals surface area contributed by atoms with Crippen LogP contribution < -0.4 is 5.32 Å². The molecular formula is C28H30F2N2O2S. The van der Waals surface area contributed by atoms with Gasteiger partial charge < -0.3 is 10.2 Å². The quantitative estimate of drug-likeness (QED) is 0.389. The molecule has 0 saturated carbocycles. The van der Waals surface area contributed by atoms with E-state index in [2.05, 4.69) is 5.32 Å². The van der Waals surface area contributed by atoms with Crippen molar-refractivity contribution < 1.29 is 18.4 Å². The zero-order valence-corrected chi connectivity index (χ0v) is 20.7. The smallest absolute Gasteiger partial charge is 0.243 e. The number of rotatable bonds is 11. The first-order valence-electron chi connectivity index (χ1n) is 11.5. The summed E-state index contributed by atoms with van der Waals surface area (Å²) in [7, 11) is 0. The highest BCUT2D eigenvalue weighted by molar-refractivity contribution is 7.99. The molecule has 0 aliphatic heterocycles. The third-order valence-electron chi connectivity index (χ3n) is 5.44. The topological polar surface area (TPSA) is 49.4 Å². The maximum absolute atomic E-state index is 14.5. The van der Waals surface area contributed by atoms with Gasteiger partial charge in [0.2, 0.25) is 11.8 Å². The van der Waals surface area contributed by atoms with Crippen molar-refractivity contribution in [1.29, 1.82) is 0 Å². The minimum Gasteiger partial charge on any atom is -0.352 e. The fourth-order valence-electron chi connectivity index (χ4n) is 3.69. The van der Waals surface area contributed by atoms with E-state index in [0.29, 0.717) is 16.9 Å². The molecule has 184 valence electrons. The molecule has 0 radical (unpaired) electrons. The third-order valence-corrected chi connectivity index (χ3v) is 6.41. The number of nitrogens with one attached hydrogen (secondary N) is 1. The van der Waals surface area contributed by atoms with Gasteiger partial charge in [-0.2, -0.15) is 0 Å². The Bertz CT molecular complexity index is 1120. The molecule has 0 fully saturated rings. The number of hydrogen-bond donors (Lipinski definition) is 1. The molecule has 0 unspecified atom stereocenters. The third kappa shape index (κ3) is 7.92. The number of halogens is 2. The molecule has 3 rings (SSSR count). The molecular weight excluding hydrogens is 466 g/mol. The van der Waals surface area contributed by atoms with Crippen molar-refractivity contribution in [2.24, 2.45) is 0 Å². The number of amides is 2. The molecule has 0 heterocycles. The first-order valence-corrected chi connectivity index (χ1v) is 12.7. The van der Waals surface area contributed by atoms with E-state index in [-0.39, 0.29) is 42.4 Å². The van der Waals surface area contributed by atoms with Gasteiger partial charge in [-0.25, -0.2) is 8.78 Å². The minimum absolute atomic E-state index is 0.0308. The van der Waals surface area contributed by atoms with Gasteiger partial charge in [0.25, 0.3) is 0 Å². The number of thioether (sulfide) groups is 1. The monoisotopic (exact) mass is 496 g/mol. The largest absolute Gasteiger partial charge is 0.352 e. The van der Waals surface area contributed by atoms with Gasteiger partial charge in [0.1, 0.15) is 17.7 Å². The summed E-state index contributed by atoms with van der Waals surface area (Å²) in [4.78, 5) is 28.2. The molecule has 1 N–H and O–H groups in total. The van der Waals surface area contributed by atoms with Crippen LogP contribution in [0, 0.1) is 11.6 Å². The van der Waals surface area contributed by atoms with Crippen molar-refractivity contribution in [3.63, 3.8) is 0 Å². The Morgan fingerprint density at radius 3 is 2.03 bits per heavy atom. The summed E-state index contributed by atoms with van der Waals surface area (Å²) in [6, 6.07) is 21.1. The van der Waals surface area contributed by atoms with Gasteiger partial charge in [-0.15, -0.1) is 11.8 Å². The van der Waals surface area contributed by atoms with E-state index in [4.69, 9.17) is 0 Å². The molecule has 0 spiro atoms. The molecule has 0 aromatic heterocycles.